The van der Waals surface area contributed by atoms with Crippen LogP contribution in [0.4, 0.5) is 22.7 Å². The number of pyridine rings is 5. The van der Waals surface area contributed by atoms with Gasteiger partial charge >= 0.3 is 0 Å². The first-order chi connectivity index (χ1) is 73.3. The molecule has 0 amide bonds. The third-order valence-electron chi connectivity index (χ3n) is 26.2. The summed E-state index contributed by atoms with van der Waals surface area (Å²) in [7, 11) is 9.04. The number of para-hydroxylation sites is 1. The Morgan fingerprint density at radius 2 is 0.735 bits per heavy atom. The molecule has 20 rings (SSSR count). The van der Waals surface area contributed by atoms with Gasteiger partial charge in [-0.3, -0.25) is 0 Å². The largest absolute Gasteiger partial charge is 0.466 e. The number of nitrogens with zero attached hydrogens (tertiary/aromatic N) is 11. The third-order valence-corrected chi connectivity index (χ3v) is 26.2. The van der Waals surface area contributed by atoms with Crippen LogP contribution < -0.4 is 22.8 Å². The second kappa shape index (κ2) is 36.1. The van der Waals surface area contributed by atoms with Gasteiger partial charge in [0, 0.05) is 174 Å². The number of nitriles is 2. The van der Waals surface area contributed by atoms with Crippen LogP contribution in [0.25, 0.3) is 185 Å². The van der Waals surface area contributed by atoms with E-state index in [1.165, 1.54) is 0 Å². The number of benzene rings is 10. The fraction of sp³-hybridized carbons (Fsp3) is 0.242. The predicted molar refractivity (Wildman–Crippen MR) is 549 cm³/mol. The van der Waals surface area contributed by atoms with E-state index in [0.29, 0.717) is 184 Å². The van der Waals surface area contributed by atoms with Crippen molar-refractivity contribution in [1.29, 1.82) is 10.5 Å². The van der Waals surface area contributed by atoms with Crippen molar-refractivity contribution < 1.29 is 73.7 Å². The zero-order chi connectivity index (χ0) is 115. The highest BCUT2D eigenvalue weighted by Crippen LogP contribution is 2.49. The van der Waals surface area contributed by atoms with Gasteiger partial charge in [0.15, 0.2) is 28.5 Å². The van der Waals surface area contributed by atoms with E-state index in [2.05, 4.69) is 31.5 Å². The molecule has 0 atom stereocenters. The van der Waals surface area contributed by atoms with Gasteiger partial charge < -0.3 is 22.1 Å². The summed E-state index contributed by atoms with van der Waals surface area (Å²) < 4.78 is 210. The van der Waals surface area contributed by atoms with Crippen molar-refractivity contribution in [3.8, 4) is 68.4 Å². The van der Waals surface area contributed by atoms with Crippen LogP contribution in [0, 0.1) is 185 Å². The Morgan fingerprint density at radius 1 is 0.331 bits per heavy atom. The van der Waals surface area contributed by atoms with Crippen LogP contribution in [-0.4, -0.2) is 0 Å². The van der Waals surface area contributed by atoms with Gasteiger partial charge in [-0.2, -0.15) is 33.4 Å². The number of aromatic nitrogens is 5. The fourth-order valence-corrected chi connectivity index (χ4v) is 18.4. The van der Waals surface area contributed by atoms with E-state index in [-0.39, 0.29) is 28.3 Å². The molecule has 0 N–H and O–H groups in total. The minimum atomic E-state index is -2.62. The summed E-state index contributed by atoms with van der Waals surface area (Å²) in [5.41, 5.74) is 25.8. The van der Waals surface area contributed by atoms with Gasteiger partial charge in [0.1, 0.15) is 91.1 Å². The summed E-state index contributed by atoms with van der Waals surface area (Å²) >= 11 is 0. The summed E-state index contributed by atoms with van der Waals surface area (Å²) in [4.78, 5) is 14.4. The number of fused-ring (bicyclic) bond motifs is 15. The van der Waals surface area contributed by atoms with Gasteiger partial charge in [0.25, 0.3) is 0 Å². The van der Waals surface area contributed by atoms with E-state index >= 15 is 0 Å². The maximum absolute atomic E-state index is 9.76. The van der Waals surface area contributed by atoms with E-state index in [1.807, 2.05) is 176 Å². The molecule has 0 saturated heterocycles. The third kappa shape index (κ3) is 15.9. The fourth-order valence-electron chi connectivity index (χ4n) is 18.4. The molecule has 10 aromatic carbocycles. The highest BCUT2D eigenvalue weighted by atomic mass is 16.3. The zero-order valence-electron chi connectivity index (χ0n) is 101. The molecule has 136 heavy (non-hydrogen) atoms. The smallest absolute Gasteiger partial charge is 0.232 e. The Labute approximate surface area is 824 Å². The van der Waals surface area contributed by atoms with Gasteiger partial charge in [-0.25, -0.2) is 19.4 Å². The van der Waals surface area contributed by atoms with Crippen LogP contribution in [0.5, 0.6) is 0 Å². The number of hydrogen-bond acceptors (Lipinski definition) is 7. The average molecular weight is 1810 g/mol. The normalized spacial score (nSPS) is 14.3. The van der Waals surface area contributed by atoms with E-state index < -0.39 is 52.9 Å². The van der Waals surface area contributed by atoms with Crippen molar-refractivity contribution in [3.05, 3.63) is 345 Å². The van der Waals surface area contributed by atoms with Gasteiger partial charge in [-0.1, -0.05) is 129 Å². The van der Waals surface area contributed by atoms with Crippen LogP contribution in [0.15, 0.2) is 198 Å². The summed E-state index contributed by atoms with van der Waals surface area (Å²) in [5, 5.41) is 26.9. The molecule has 0 saturated carbocycles. The molecule has 0 spiro atoms. The van der Waals surface area contributed by atoms with Crippen LogP contribution >= 0.6 is 0 Å². The topological polar surface area (TPSA) is 150 Å². The van der Waals surface area contributed by atoms with Crippen molar-refractivity contribution in [2.75, 3.05) is 0 Å². The lowest BCUT2D eigenvalue weighted by atomic mass is 9.85. The second-order valence-corrected chi connectivity index (χ2v) is 35.8. The Bertz CT molecular complexity index is 9670. The molecular formula is C120H112N11O5+5. The maximum atomic E-state index is 9.76. The van der Waals surface area contributed by atoms with Crippen molar-refractivity contribution in [3.63, 3.8) is 0 Å². The van der Waals surface area contributed by atoms with Crippen LogP contribution in [0.1, 0.15) is 173 Å². The highest BCUT2D eigenvalue weighted by molar-refractivity contribution is 6.19. The molecule has 0 fully saturated rings. The molecule has 20 aromatic rings. The molecule has 0 radical (unpaired) electrons. The molecule has 0 aliphatic rings. The quantitative estimate of drug-likeness (QED) is 0.119. The summed E-state index contributed by atoms with van der Waals surface area (Å²) in [6.07, 6.45) is -2.12. The Balaban J connectivity index is 0.000000139. The first kappa shape index (κ1) is 69.7. The molecule has 16 heteroatoms. The molecular weight excluding hydrogens is 1680 g/mol. The molecule has 0 bridgehead atoms. The molecule has 672 valence electrons. The summed E-state index contributed by atoms with van der Waals surface area (Å²) in [5.74, 6) is 0. The van der Waals surface area contributed by atoms with Gasteiger partial charge in [-0.15, -0.1) is 0 Å². The lowest BCUT2D eigenvalue weighted by Crippen LogP contribution is -2.36. The summed E-state index contributed by atoms with van der Waals surface area (Å²) in [6, 6.07) is 55.0. The van der Waals surface area contributed by atoms with E-state index in [4.69, 9.17) is 75.8 Å². The van der Waals surface area contributed by atoms with Crippen LogP contribution in [0.3, 0.4) is 0 Å². The van der Waals surface area contributed by atoms with Gasteiger partial charge in [0.05, 0.1) is 78.7 Å². The molecule has 0 aliphatic heterocycles. The number of rotatable bonds is 6. The SMILES string of the molecule is [2H]C([2H])([2H])c1ccc(-c2c(C)cc(C([2H])([2H])[2H])c3c2oc2c([N+]#[C-])cccc23)[n+](C)c1C.[2H]C([2H])([2H])c1ccc(-c2c(C)ccc3c2oc2c([N+]#[C-])c(C)ccc23)[n+](C)c1C.[2H]C([2H])([2H])c1ccc(-c2c(C)ccc3c2oc2c([N+]#[C-])cc(C)cc23)[n+](C)c1C.[2H]C([2H])([2H])c1ccc(-c2c(C)ccc3c2oc2c([N+]#[C-])ccc(C#N)c23)[n+](C)c1C.[2H]c1c(C([2H])([2H])C(C)(C)C)c(C([2H])([2H])[2H])c(C)[n+](C)c1-c1c(C)cc(C)c2c1oc1cccc(C#N)c12. The first-order valence-electron chi connectivity index (χ1n) is 54.5. The average Bonchev–Trinajstić information content (AvgIpc) is 1.11. The van der Waals surface area contributed by atoms with E-state index in [1.54, 1.807) is 163 Å². The summed E-state index contributed by atoms with van der Waals surface area (Å²) in [6.45, 7) is 45.6. The minimum absolute atomic E-state index is 0.132. The highest BCUT2D eigenvalue weighted by Gasteiger charge is 2.33. The molecule has 16 nitrogen and oxygen atoms in total. The maximum Gasteiger partial charge on any atom is 0.232 e. The van der Waals surface area contributed by atoms with E-state index in [9.17, 15) is 11.9 Å². The van der Waals surface area contributed by atoms with Gasteiger partial charge in [0.2, 0.25) is 51.2 Å². The standard InChI is InChI=1S/C28H31N2O.C23H18N3O.3C23H21N2O/c1-16-12-17(2)25-26-20(15-29)10-9-11-23(26)31-27(25)24(16)22-13-21(14-28(5,6)7)18(3)19(4)30(22)8;1-13-7-11-19(26(5)15(13)3)20-14(2)6-9-17-21-16(12-24)8-10-18(25-4)23(21)27-22(17)20;1-13-9-12-19(25(6)16(13)4)20-14(2)7-10-17-18-11-8-15(3)21(24-5)23(18)26-22(17)20;1-13-11-18-17-9-7-15(3)21(20-10-8-14(2)16(4)25(20)6)23(17)26-22(18)19(12-13)24-5;1-13-10-11-19(25(6)16(13)4)21-15(3)12-14(2)20-17-8-7-9-18(24-5)22(17)26-23(20)21/h9-13H,14H2,1-8H3;6-11H,1-3,5H3;3*7-12H,1-4,6H3/q5*+1/i3D3,13D,14D2;2*1D3;2D3;1D3,2D3. The van der Waals surface area contributed by atoms with Crippen LogP contribution in [0.2, 0.25) is 0 Å². The lowest BCUT2D eigenvalue weighted by Gasteiger charge is -2.21. The van der Waals surface area contributed by atoms with Gasteiger partial charge in [-0.05, 0) is 201 Å². The van der Waals surface area contributed by atoms with Crippen molar-refractivity contribution in [2.24, 2.45) is 40.7 Å². The second-order valence-electron chi connectivity index (χ2n) is 35.8. The number of aryl methyl sites for hydroxylation is 13. The number of hydrogen-bond donors (Lipinski definition) is 0. The Hall–Kier alpha value is -16.1. The predicted octanol–water partition coefficient (Wildman–Crippen LogP) is 29.8. The first-order valence-corrected chi connectivity index (χ1v) is 44.0. The molecule has 0 aliphatic carbocycles. The Kier molecular flexibility index (Phi) is 18.5. The monoisotopic (exact) mass is 1810 g/mol. The molecule has 10 heterocycles. The van der Waals surface area contributed by atoms with E-state index in [0.717, 1.165) is 105 Å². The molecule has 10 aromatic heterocycles. The van der Waals surface area contributed by atoms with Crippen molar-refractivity contribution >= 4 is 132 Å². The Morgan fingerprint density at radius 3 is 1.24 bits per heavy atom. The van der Waals surface area contributed by atoms with Crippen molar-refractivity contribution in [2.45, 2.75) is 158 Å². The van der Waals surface area contributed by atoms with Crippen molar-refractivity contribution in [1.82, 2.24) is 0 Å². The van der Waals surface area contributed by atoms with Crippen LogP contribution in [-0.2, 0) is 41.6 Å². The lowest BCUT2D eigenvalue weighted by molar-refractivity contribution is -0.667. The number of furan rings is 5. The molecule has 0 unspecified atom stereocenters. The minimum Gasteiger partial charge on any atom is -0.466 e. The zero-order valence-corrected chi connectivity index (χ0v) is 79.6.